The van der Waals surface area contributed by atoms with Crippen molar-refractivity contribution in [1.82, 2.24) is 5.32 Å². The number of benzene rings is 2. The molecule has 2 rings (SSSR count). The van der Waals surface area contributed by atoms with Crippen LogP contribution in [0.15, 0.2) is 36.4 Å². The zero-order valence-corrected chi connectivity index (χ0v) is 11.3. The first-order valence-corrected chi connectivity index (χ1v) is 6.26. The summed E-state index contributed by atoms with van der Waals surface area (Å²) in [4.78, 5) is 0. The van der Waals surface area contributed by atoms with E-state index < -0.39 is 0 Å². The molecule has 0 aromatic heterocycles. The zero-order valence-electron chi connectivity index (χ0n) is 9.81. The van der Waals surface area contributed by atoms with Gasteiger partial charge in [-0.3, -0.25) is 0 Å². The number of rotatable bonds is 3. The van der Waals surface area contributed by atoms with E-state index in [9.17, 15) is 4.39 Å². The van der Waals surface area contributed by atoms with Crippen molar-refractivity contribution in [2.45, 2.75) is 6.54 Å². The second-order valence-electron chi connectivity index (χ2n) is 3.94. The lowest BCUT2D eigenvalue weighted by Crippen LogP contribution is -2.07. The molecule has 0 radical (unpaired) electrons. The lowest BCUT2D eigenvalue weighted by molar-refractivity contribution is 0.601. The molecule has 0 unspecified atom stereocenters. The van der Waals surface area contributed by atoms with Gasteiger partial charge >= 0.3 is 0 Å². The topological polar surface area (TPSA) is 12.0 Å². The van der Waals surface area contributed by atoms with E-state index in [1.54, 1.807) is 25.2 Å². The van der Waals surface area contributed by atoms with Gasteiger partial charge in [-0.2, -0.15) is 0 Å². The van der Waals surface area contributed by atoms with E-state index in [2.05, 4.69) is 5.32 Å². The molecule has 0 bridgehead atoms. The van der Waals surface area contributed by atoms with E-state index in [0.29, 0.717) is 22.2 Å². The van der Waals surface area contributed by atoms with E-state index in [-0.39, 0.29) is 5.82 Å². The Hall–Kier alpha value is -1.09. The highest BCUT2D eigenvalue weighted by molar-refractivity contribution is 6.43. The average Bonchev–Trinajstić information content (AvgIpc) is 2.36. The Balaban J connectivity index is 2.51. The average molecular weight is 284 g/mol. The van der Waals surface area contributed by atoms with Gasteiger partial charge in [0.25, 0.3) is 0 Å². The van der Waals surface area contributed by atoms with Crippen LogP contribution < -0.4 is 5.32 Å². The third-order valence-corrected chi connectivity index (χ3v) is 3.49. The highest BCUT2D eigenvalue weighted by atomic mass is 35.5. The number of halogens is 3. The summed E-state index contributed by atoms with van der Waals surface area (Å²) >= 11 is 12.1. The molecule has 2 aromatic rings. The van der Waals surface area contributed by atoms with Crippen LogP contribution in [0, 0.1) is 5.82 Å². The maximum atomic E-state index is 13.6. The van der Waals surface area contributed by atoms with Crippen LogP contribution in [0.3, 0.4) is 0 Å². The number of nitrogens with one attached hydrogen (secondary N) is 1. The van der Waals surface area contributed by atoms with Gasteiger partial charge in [0.2, 0.25) is 0 Å². The fraction of sp³-hybridized carbons (Fsp3) is 0.143. The normalized spacial score (nSPS) is 10.7. The third-order valence-electron chi connectivity index (χ3n) is 2.68. The molecule has 0 atom stereocenters. The van der Waals surface area contributed by atoms with Gasteiger partial charge in [-0.1, -0.05) is 41.4 Å². The predicted molar refractivity (Wildman–Crippen MR) is 74.6 cm³/mol. The quantitative estimate of drug-likeness (QED) is 0.873. The smallest absolute Gasteiger partial charge is 0.127 e. The first-order valence-electron chi connectivity index (χ1n) is 5.51. The van der Waals surface area contributed by atoms with Gasteiger partial charge in [-0.05, 0) is 30.8 Å². The highest BCUT2D eigenvalue weighted by Crippen LogP contribution is 2.34. The lowest BCUT2D eigenvalue weighted by Gasteiger charge is -2.09. The summed E-state index contributed by atoms with van der Waals surface area (Å²) in [7, 11) is 1.78. The lowest BCUT2D eigenvalue weighted by atomic mass is 10.0. The molecule has 0 aliphatic rings. The largest absolute Gasteiger partial charge is 0.316 e. The van der Waals surface area contributed by atoms with Crippen molar-refractivity contribution in [2.75, 3.05) is 7.05 Å². The van der Waals surface area contributed by atoms with E-state index in [1.807, 2.05) is 12.1 Å². The summed E-state index contributed by atoms with van der Waals surface area (Å²) in [5.74, 6) is -0.230. The molecule has 2 aromatic carbocycles. The molecule has 0 amide bonds. The molecule has 0 saturated heterocycles. The van der Waals surface area contributed by atoms with Gasteiger partial charge in [0, 0.05) is 17.7 Å². The SMILES string of the molecule is CNCc1cc(-c2cccc(Cl)c2Cl)ccc1F. The minimum Gasteiger partial charge on any atom is -0.316 e. The molecular weight excluding hydrogens is 272 g/mol. The molecular formula is C14H12Cl2FN. The summed E-state index contributed by atoms with van der Waals surface area (Å²) in [6, 6.07) is 10.3. The Kier molecular flexibility index (Phi) is 4.23. The van der Waals surface area contributed by atoms with Gasteiger partial charge in [-0.15, -0.1) is 0 Å². The first kappa shape index (κ1) is 13.3. The first-order chi connectivity index (χ1) is 8.63. The van der Waals surface area contributed by atoms with Crippen molar-refractivity contribution in [3.8, 4) is 11.1 Å². The van der Waals surface area contributed by atoms with Crippen molar-refractivity contribution in [3.05, 3.63) is 57.8 Å². The van der Waals surface area contributed by atoms with Gasteiger partial charge < -0.3 is 5.32 Å². The Morgan fingerprint density at radius 1 is 1.17 bits per heavy atom. The molecule has 0 aliphatic carbocycles. The molecule has 94 valence electrons. The van der Waals surface area contributed by atoms with Crippen LogP contribution in [-0.4, -0.2) is 7.05 Å². The van der Waals surface area contributed by atoms with Gasteiger partial charge in [0.15, 0.2) is 0 Å². The molecule has 18 heavy (non-hydrogen) atoms. The summed E-state index contributed by atoms with van der Waals surface area (Å²) in [6.07, 6.45) is 0. The van der Waals surface area contributed by atoms with Crippen LogP contribution in [0.1, 0.15) is 5.56 Å². The molecule has 0 heterocycles. The third kappa shape index (κ3) is 2.66. The maximum absolute atomic E-state index is 13.6. The molecule has 0 fully saturated rings. The van der Waals surface area contributed by atoms with Crippen LogP contribution in [0.25, 0.3) is 11.1 Å². The summed E-state index contributed by atoms with van der Waals surface area (Å²) in [6.45, 7) is 0.470. The summed E-state index contributed by atoms with van der Waals surface area (Å²) in [5.41, 5.74) is 2.27. The van der Waals surface area contributed by atoms with Crippen molar-refractivity contribution in [2.24, 2.45) is 0 Å². The fourth-order valence-corrected chi connectivity index (χ4v) is 2.20. The number of hydrogen-bond donors (Lipinski definition) is 1. The van der Waals surface area contributed by atoms with Crippen molar-refractivity contribution in [3.63, 3.8) is 0 Å². The van der Waals surface area contributed by atoms with E-state index in [0.717, 1.165) is 11.1 Å². The minimum atomic E-state index is -0.230. The van der Waals surface area contributed by atoms with Gasteiger partial charge in [-0.25, -0.2) is 4.39 Å². The highest BCUT2D eigenvalue weighted by Gasteiger charge is 2.09. The molecule has 0 saturated carbocycles. The van der Waals surface area contributed by atoms with Crippen LogP contribution >= 0.6 is 23.2 Å². The Bertz CT molecular complexity index is 570. The van der Waals surface area contributed by atoms with Gasteiger partial charge in [0.1, 0.15) is 5.82 Å². The summed E-state index contributed by atoms with van der Waals surface area (Å²) < 4.78 is 13.6. The standard InChI is InChI=1S/C14H12Cl2FN/c1-18-8-10-7-9(5-6-13(10)17)11-3-2-4-12(15)14(11)16/h2-7,18H,8H2,1H3. The number of hydrogen-bond acceptors (Lipinski definition) is 1. The molecule has 1 nitrogen and oxygen atoms in total. The van der Waals surface area contributed by atoms with Crippen molar-refractivity contribution < 1.29 is 4.39 Å². The fourth-order valence-electron chi connectivity index (χ4n) is 1.79. The minimum absolute atomic E-state index is 0.230. The monoisotopic (exact) mass is 283 g/mol. The molecule has 4 heteroatoms. The Morgan fingerprint density at radius 2 is 1.94 bits per heavy atom. The second-order valence-corrected chi connectivity index (χ2v) is 4.72. The molecule has 1 N–H and O–H groups in total. The zero-order chi connectivity index (χ0) is 13.1. The van der Waals surface area contributed by atoms with Crippen LogP contribution in [0.4, 0.5) is 4.39 Å². The second kappa shape index (κ2) is 5.70. The van der Waals surface area contributed by atoms with Crippen LogP contribution in [0.2, 0.25) is 10.0 Å². The molecule has 0 aliphatic heterocycles. The van der Waals surface area contributed by atoms with E-state index in [1.165, 1.54) is 6.07 Å². The van der Waals surface area contributed by atoms with Crippen molar-refractivity contribution >= 4 is 23.2 Å². The van der Waals surface area contributed by atoms with E-state index in [4.69, 9.17) is 23.2 Å². The van der Waals surface area contributed by atoms with Crippen LogP contribution in [-0.2, 0) is 6.54 Å². The maximum Gasteiger partial charge on any atom is 0.127 e. The Morgan fingerprint density at radius 3 is 2.67 bits per heavy atom. The van der Waals surface area contributed by atoms with Crippen molar-refractivity contribution in [1.29, 1.82) is 0 Å². The van der Waals surface area contributed by atoms with Crippen LogP contribution in [0.5, 0.6) is 0 Å². The molecule has 0 spiro atoms. The van der Waals surface area contributed by atoms with Gasteiger partial charge in [0.05, 0.1) is 10.0 Å². The predicted octanol–water partition coefficient (Wildman–Crippen LogP) is 4.52. The van der Waals surface area contributed by atoms with E-state index >= 15 is 0 Å². The Labute approximate surface area is 116 Å². The summed E-state index contributed by atoms with van der Waals surface area (Å²) in [5, 5.41) is 3.91.